The van der Waals surface area contributed by atoms with Crippen LogP contribution in [0.4, 0.5) is 0 Å². The van der Waals surface area contributed by atoms with Crippen molar-refractivity contribution >= 4 is 5.91 Å². The normalized spacial score (nSPS) is 34.5. The van der Waals surface area contributed by atoms with E-state index in [1.165, 1.54) is 44.9 Å². The summed E-state index contributed by atoms with van der Waals surface area (Å²) in [5.74, 6) is 1.25. The molecule has 2 saturated heterocycles. The van der Waals surface area contributed by atoms with Crippen molar-refractivity contribution in [3.63, 3.8) is 0 Å². The van der Waals surface area contributed by atoms with E-state index in [9.17, 15) is 4.79 Å². The van der Waals surface area contributed by atoms with Gasteiger partial charge in [-0.15, -0.1) is 0 Å². The van der Waals surface area contributed by atoms with Crippen molar-refractivity contribution in [1.82, 2.24) is 4.90 Å². The van der Waals surface area contributed by atoms with Crippen molar-refractivity contribution in [2.75, 3.05) is 7.11 Å². The lowest BCUT2D eigenvalue weighted by atomic mass is 9.86. The molecule has 0 aromatic rings. The largest absolute Gasteiger partial charge is 0.381 e. The number of fused-ring (bicyclic) bond motifs is 2. The first-order valence-electron chi connectivity index (χ1n) is 8.62. The molecule has 2 unspecified atom stereocenters. The van der Waals surface area contributed by atoms with Crippen LogP contribution in [0.3, 0.4) is 0 Å². The monoisotopic (exact) mass is 279 g/mol. The summed E-state index contributed by atoms with van der Waals surface area (Å²) in [7, 11) is 1.81. The van der Waals surface area contributed by atoms with Crippen molar-refractivity contribution in [1.29, 1.82) is 0 Å². The van der Waals surface area contributed by atoms with Gasteiger partial charge in [-0.25, -0.2) is 0 Å². The third kappa shape index (κ3) is 3.03. The van der Waals surface area contributed by atoms with Crippen molar-refractivity contribution in [3.05, 3.63) is 0 Å². The number of methoxy groups -OCH3 is 1. The number of carbonyl (C=O) groups is 1. The molecular weight excluding hydrogens is 250 g/mol. The Bertz CT molecular complexity index is 324. The lowest BCUT2D eigenvalue weighted by Gasteiger charge is -2.38. The molecule has 3 heteroatoms. The SMILES string of the molecule is COC1CC2CCC(C1)N2C(=O)CCC1CCCCC1. The fraction of sp³-hybridized carbons (Fsp3) is 0.941. The van der Waals surface area contributed by atoms with Crippen LogP contribution in [-0.2, 0) is 9.53 Å². The van der Waals surface area contributed by atoms with E-state index < -0.39 is 0 Å². The smallest absolute Gasteiger partial charge is 0.223 e. The second-order valence-electron chi connectivity index (χ2n) is 7.06. The first kappa shape index (κ1) is 14.4. The van der Waals surface area contributed by atoms with Crippen LogP contribution >= 0.6 is 0 Å². The zero-order chi connectivity index (χ0) is 13.9. The van der Waals surface area contributed by atoms with Gasteiger partial charge in [0.1, 0.15) is 0 Å². The predicted molar refractivity (Wildman–Crippen MR) is 79.5 cm³/mol. The number of hydrogen-bond acceptors (Lipinski definition) is 2. The summed E-state index contributed by atoms with van der Waals surface area (Å²) in [4.78, 5) is 14.8. The molecule has 2 bridgehead atoms. The minimum absolute atomic E-state index is 0.384. The van der Waals surface area contributed by atoms with E-state index in [1.807, 2.05) is 7.11 Å². The highest BCUT2D eigenvalue weighted by Gasteiger charge is 2.42. The van der Waals surface area contributed by atoms with Gasteiger partial charge >= 0.3 is 0 Å². The maximum Gasteiger partial charge on any atom is 0.223 e. The van der Waals surface area contributed by atoms with Gasteiger partial charge in [-0.3, -0.25) is 4.79 Å². The first-order valence-corrected chi connectivity index (χ1v) is 8.62. The molecule has 2 atom stereocenters. The molecular formula is C17H29NO2. The average Bonchev–Trinajstić information content (AvgIpc) is 2.76. The lowest BCUT2D eigenvalue weighted by molar-refractivity contribution is -0.138. The number of carbonyl (C=O) groups excluding carboxylic acids is 1. The van der Waals surface area contributed by atoms with E-state index in [-0.39, 0.29) is 0 Å². The van der Waals surface area contributed by atoms with E-state index in [0.29, 0.717) is 24.1 Å². The van der Waals surface area contributed by atoms with Gasteiger partial charge in [-0.2, -0.15) is 0 Å². The van der Waals surface area contributed by atoms with Gasteiger partial charge in [0.15, 0.2) is 0 Å². The van der Waals surface area contributed by atoms with Crippen LogP contribution in [-0.4, -0.2) is 36.1 Å². The molecule has 3 fully saturated rings. The second kappa shape index (κ2) is 6.46. The van der Waals surface area contributed by atoms with Crippen molar-refractivity contribution < 1.29 is 9.53 Å². The molecule has 2 aliphatic heterocycles. The summed E-state index contributed by atoms with van der Waals surface area (Å²) in [6, 6.07) is 0.940. The fourth-order valence-electron chi connectivity index (χ4n) is 4.66. The summed E-state index contributed by atoms with van der Waals surface area (Å²) in [5.41, 5.74) is 0. The highest BCUT2D eigenvalue weighted by molar-refractivity contribution is 5.77. The average molecular weight is 279 g/mol. The molecule has 1 aliphatic carbocycles. The van der Waals surface area contributed by atoms with Crippen LogP contribution in [0.2, 0.25) is 0 Å². The molecule has 20 heavy (non-hydrogen) atoms. The third-order valence-electron chi connectivity index (χ3n) is 5.80. The molecule has 114 valence electrons. The Balaban J connectivity index is 1.50. The molecule has 0 aromatic carbocycles. The summed E-state index contributed by atoms with van der Waals surface area (Å²) in [6.07, 6.45) is 13.7. The summed E-state index contributed by atoms with van der Waals surface area (Å²) in [5, 5.41) is 0. The number of hydrogen-bond donors (Lipinski definition) is 0. The highest BCUT2D eigenvalue weighted by Crippen LogP contribution is 2.37. The van der Waals surface area contributed by atoms with Crippen LogP contribution in [0.1, 0.15) is 70.6 Å². The Morgan fingerprint density at radius 1 is 1.05 bits per heavy atom. The lowest BCUT2D eigenvalue weighted by Crippen LogP contribution is -2.48. The molecule has 0 spiro atoms. The number of piperidine rings is 1. The number of rotatable bonds is 4. The van der Waals surface area contributed by atoms with Gasteiger partial charge < -0.3 is 9.64 Å². The Hall–Kier alpha value is -0.570. The highest BCUT2D eigenvalue weighted by atomic mass is 16.5. The summed E-state index contributed by atoms with van der Waals surface area (Å²) < 4.78 is 5.52. The first-order chi connectivity index (χ1) is 9.78. The van der Waals surface area contributed by atoms with Crippen molar-refractivity contribution in [3.8, 4) is 0 Å². The van der Waals surface area contributed by atoms with E-state index >= 15 is 0 Å². The van der Waals surface area contributed by atoms with Crippen LogP contribution in [0.5, 0.6) is 0 Å². The second-order valence-corrected chi connectivity index (χ2v) is 7.06. The zero-order valence-corrected chi connectivity index (χ0v) is 12.9. The minimum atomic E-state index is 0.384. The topological polar surface area (TPSA) is 29.5 Å². The molecule has 1 amide bonds. The molecule has 3 aliphatic rings. The van der Waals surface area contributed by atoms with E-state index in [0.717, 1.165) is 31.6 Å². The Morgan fingerprint density at radius 3 is 2.30 bits per heavy atom. The number of ether oxygens (including phenoxy) is 1. The molecule has 0 N–H and O–H groups in total. The molecule has 1 saturated carbocycles. The van der Waals surface area contributed by atoms with Crippen molar-refractivity contribution in [2.45, 2.75) is 88.8 Å². The zero-order valence-electron chi connectivity index (χ0n) is 12.9. The number of nitrogens with zero attached hydrogens (tertiary/aromatic N) is 1. The quantitative estimate of drug-likeness (QED) is 0.788. The van der Waals surface area contributed by atoms with Crippen LogP contribution in [0, 0.1) is 5.92 Å². The van der Waals surface area contributed by atoms with Gasteiger partial charge in [0.25, 0.3) is 0 Å². The van der Waals surface area contributed by atoms with E-state index in [4.69, 9.17) is 4.74 Å². The maximum absolute atomic E-state index is 12.6. The van der Waals surface area contributed by atoms with Gasteiger partial charge in [0.05, 0.1) is 6.10 Å². The molecule has 3 nitrogen and oxygen atoms in total. The number of amides is 1. The fourth-order valence-corrected chi connectivity index (χ4v) is 4.66. The van der Waals surface area contributed by atoms with Crippen LogP contribution in [0.15, 0.2) is 0 Å². The van der Waals surface area contributed by atoms with Crippen molar-refractivity contribution in [2.24, 2.45) is 5.92 Å². The third-order valence-corrected chi connectivity index (χ3v) is 5.80. The Labute approximate surface area is 123 Å². The molecule has 3 rings (SSSR count). The predicted octanol–water partition coefficient (Wildman–Crippen LogP) is 3.52. The van der Waals surface area contributed by atoms with Gasteiger partial charge in [-0.1, -0.05) is 32.1 Å². The van der Waals surface area contributed by atoms with Crippen LogP contribution < -0.4 is 0 Å². The molecule has 2 heterocycles. The Kier molecular flexibility index (Phi) is 4.65. The maximum atomic E-state index is 12.6. The summed E-state index contributed by atoms with van der Waals surface area (Å²) in [6.45, 7) is 0. The minimum Gasteiger partial charge on any atom is -0.381 e. The van der Waals surface area contributed by atoms with E-state index in [1.54, 1.807) is 0 Å². The Morgan fingerprint density at radius 2 is 1.70 bits per heavy atom. The van der Waals surface area contributed by atoms with Gasteiger partial charge in [0, 0.05) is 25.6 Å². The van der Waals surface area contributed by atoms with Gasteiger partial charge in [0.2, 0.25) is 5.91 Å². The standard InChI is InChI=1S/C17H29NO2/c1-20-16-11-14-8-9-15(12-16)18(14)17(19)10-7-13-5-3-2-4-6-13/h13-16H,2-12H2,1H3. The van der Waals surface area contributed by atoms with E-state index in [2.05, 4.69) is 4.90 Å². The van der Waals surface area contributed by atoms with Gasteiger partial charge in [-0.05, 0) is 38.0 Å². The molecule has 0 aromatic heterocycles. The summed E-state index contributed by atoms with van der Waals surface area (Å²) >= 11 is 0. The van der Waals surface area contributed by atoms with Crippen LogP contribution in [0.25, 0.3) is 0 Å². The molecule has 0 radical (unpaired) electrons.